The number of nitro benzene ring substituents is 2. The van der Waals surface area contributed by atoms with Crippen LogP contribution < -0.4 is 0 Å². The first-order valence-electron chi connectivity index (χ1n) is 9.11. The Hall–Kier alpha value is -4.67. The molecule has 0 N–H and O–H groups in total. The molecule has 0 radical (unpaired) electrons. The molecule has 0 aliphatic rings. The van der Waals surface area contributed by atoms with E-state index in [-0.39, 0.29) is 36.0 Å². The fraction of sp³-hybridized carbons (Fsp3) is 0.0952. The molecule has 2 aromatic carbocycles. The highest BCUT2D eigenvalue weighted by Crippen LogP contribution is 2.15. The Bertz CT molecular complexity index is 1070. The first-order valence-corrected chi connectivity index (χ1v) is 9.11. The number of benzene rings is 2. The van der Waals surface area contributed by atoms with Crippen molar-refractivity contribution >= 4 is 23.3 Å². The third-order valence-electron chi connectivity index (χ3n) is 4.20. The first kappa shape index (κ1) is 22.0. The van der Waals surface area contributed by atoms with Crippen LogP contribution in [0.25, 0.3) is 0 Å². The van der Waals surface area contributed by atoms with Gasteiger partial charge >= 0.3 is 11.9 Å². The third kappa shape index (κ3) is 5.69. The van der Waals surface area contributed by atoms with Crippen molar-refractivity contribution in [1.29, 1.82) is 0 Å². The summed E-state index contributed by atoms with van der Waals surface area (Å²) >= 11 is 0. The highest BCUT2D eigenvalue weighted by atomic mass is 16.6. The fourth-order valence-corrected chi connectivity index (χ4v) is 2.54. The summed E-state index contributed by atoms with van der Waals surface area (Å²) in [5.41, 5.74) is 0.696. The largest absolute Gasteiger partial charge is 0.456 e. The zero-order valence-corrected chi connectivity index (χ0v) is 16.4. The molecule has 1 heterocycles. The van der Waals surface area contributed by atoms with E-state index in [1.165, 1.54) is 66.7 Å². The van der Waals surface area contributed by atoms with Crippen LogP contribution in [0.2, 0.25) is 0 Å². The van der Waals surface area contributed by atoms with E-state index in [2.05, 4.69) is 4.98 Å². The second kappa shape index (κ2) is 9.89. The fourth-order valence-electron chi connectivity index (χ4n) is 2.54. The summed E-state index contributed by atoms with van der Waals surface area (Å²) in [5, 5.41) is 21.3. The van der Waals surface area contributed by atoms with Crippen LogP contribution in [0.3, 0.4) is 0 Å². The molecular weight excluding hydrogens is 422 g/mol. The third-order valence-corrected chi connectivity index (χ3v) is 4.20. The van der Waals surface area contributed by atoms with Crippen molar-refractivity contribution in [1.82, 2.24) is 4.98 Å². The Morgan fingerprint density at radius 2 is 1.06 bits per heavy atom. The number of nitro groups is 2. The highest BCUT2D eigenvalue weighted by molar-refractivity contribution is 5.91. The predicted octanol–water partition coefficient (Wildman–Crippen LogP) is 3.61. The maximum absolute atomic E-state index is 12.2. The highest BCUT2D eigenvalue weighted by Gasteiger charge is 2.15. The molecule has 162 valence electrons. The number of hydrogen-bond acceptors (Lipinski definition) is 9. The monoisotopic (exact) mass is 437 g/mol. The van der Waals surface area contributed by atoms with E-state index in [1.807, 2.05) is 0 Å². The second-order valence-electron chi connectivity index (χ2n) is 6.41. The van der Waals surface area contributed by atoms with E-state index < -0.39 is 21.8 Å². The minimum absolute atomic E-state index is 0.0818. The molecule has 0 amide bonds. The van der Waals surface area contributed by atoms with Gasteiger partial charge in [-0.25, -0.2) is 14.6 Å². The number of non-ortho nitro benzene ring substituents is 2. The molecule has 0 saturated carbocycles. The summed E-state index contributed by atoms with van der Waals surface area (Å²) in [7, 11) is 0. The number of carbonyl (C=O) groups is 2. The SMILES string of the molecule is O=C(OCc1ccc([N+](=O)[O-])cc1)c1cccc(C(=O)OCc2ccc([N+](=O)[O-])cc2)n1. The standard InChI is InChI=1S/C21H15N3O8/c25-20(31-12-14-4-8-16(9-5-14)23(27)28)18-2-1-3-19(22-18)21(26)32-13-15-6-10-17(11-7-15)24(29)30/h1-11H,12-13H2. The van der Waals surface area contributed by atoms with Gasteiger partial charge in [0.2, 0.25) is 0 Å². The zero-order valence-electron chi connectivity index (χ0n) is 16.4. The van der Waals surface area contributed by atoms with E-state index in [1.54, 1.807) is 0 Å². The molecule has 0 aliphatic carbocycles. The molecule has 0 aliphatic heterocycles. The van der Waals surface area contributed by atoms with Crippen LogP contribution in [-0.4, -0.2) is 26.8 Å². The summed E-state index contributed by atoms with van der Waals surface area (Å²) in [6.07, 6.45) is 0. The predicted molar refractivity (Wildman–Crippen MR) is 109 cm³/mol. The quantitative estimate of drug-likeness (QED) is 0.292. The molecule has 11 heteroatoms. The van der Waals surface area contributed by atoms with E-state index in [4.69, 9.17) is 9.47 Å². The van der Waals surface area contributed by atoms with Crippen LogP contribution in [0.5, 0.6) is 0 Å². The Morgan fingerprint density at radius 1 is 0.688 bits per heavy atom. The van der Waals surface area contributed by atoms with Gasteiger partial charge in [-0.15, -0.1) is 0 Å². The van der Waals surface area contributed by atoms with Crippen molar-refractivity contribution in [2.75, 3.05) is 0 Å². The van der Waals surface area contributed by atoms with Crippen molar-refractivity contribution in [3.63, 3.8) is 0 Å². The number of ether oxygens (including phenoxy) is 2. The number of nitrogens with zero attached hydrogens (tertiary/aromatic N) is 3. The van der Waals surface area contributed by atoms with Gasteiger partial charge in [-0.3, -0.25) is 20.2 Å². The number of aromatic nitrogens is 1. The minimum atomic E-state index is -0.784. The van der Waals surface area contributed by atoms with Crippen molar-refractivity contribution < 1.29 is 28.9 Å². The summed E-state index contributed by atoms with van der Waals surface area (Å²) in [6, 6.07) is 15.2. The van der Waals surface area contributed by atoms with Gasteiger partial charge in [0.05, 0.1) is 9.85 Å². The first-order chi connectivity index (χ1) is 15.3. The Kier molecular flexibility index (Phi) is 6.81. The number of pyridine rings is 1. The maximum Gasteiger partial charge on any atom is 0.357 e. The smallest absolute Gasteiger partial charge is 0.357 e. The van der Waals surface area contributed by atoms with Gasteiger partial charge in [-0.1, -0.05) is 6.07 Å². The van der Waals surface area contributed by atoms with Crippen molar-refractivity contribution in [3.05, 3.63) is 109 Å². The second-order valence-corrected chi connectivity index (χ2v) is 6.41. The summed E-state index contributed by atoms with van der Waals surface area (Å²) in [5.74, 6) is -1.57. The van der Waals surface area contributed by atoms with Crippen LogP contribution in [0, 0.1) is 20.2 Å². The van der Waals surface area contributed by atoms with Gasteiger partial charge in [0.1, 0.15) is 24.6 Å². The lowest BCUT2D eigenvalue weighted by atomic mass is 10.2. The van der Waals surface area contributed by atoms with Crippen LogP contribution in [0.15, 0.2) is 66.7 Å². The van der Waals surface area contributed by atoms with E-state index >= 15 is 0 Å². The lowest BCUT2D eigenvalue weighted by Gasteiger charge is -2.07. The topological polar surface area (TPSA) is 152 Å². The van der Waals surface area contributed by atoms with Crippen LogP contribution >= 0.6 is 0 Å². The average Bonchev–Trinajstić information content (AvgIpc) is 2.81. The molecule has 3 aromatic rings. The number of rotatable bonds is 8. The minimum Gasteiger partial charge on any atom is -0.456 e. The molecule has 0 bridgehead atoms. The van der Waals surface area contributed by atoms with Crippen LogP contribution in [0.1, 0.15) is 32.1 Å². The van der Waals surface area contributed by atoms with Gasteiger partial charge in [0.15, 0.2) is 0 Å². The number of esters is 2. The Balaban J connectivity index is 1.57. The molecular formula is C21H15N3O8. The van der Waals surface area contributed by atoms with Gasteiger partial charge in [0.25, 0.3) is 11.4 Å². The molecule has 0 saturated heterocycles. The normalized spacial score (nSPS) is 10.2. The molecule has 1 aromatic heterocycles. The number of hydrogen-bond donors (Lipinski definition) is 0. The van der Waals surface area contributed by atoms with Crippen molar-refractivity contribution in [2.45, 2.75) is 13.2 Å². The average molecular weight is 437 g/mol. The van der Waals surface area contributed by atoms with Crippen LogP contribution in [-0.2, 0) is 22.7 Å². The molecule has 11 nitrogen and oxygen atoms in total. The van der Waals surface area contributed by atoms with Gasteiger partial charge in [-0.2, -0.15) is 0 Å². The maximum atomic E-state index is 12.2. The zero-order chi connectivity index (χ0) is 23.1. The number of carbonyl (C=O) groups excluding carboxylic acids is 2. The molecule has 3 rings (SSSR count). The summed E-state index contributed by atoms with van der Waals surface area (Å²) in [4.78, 5) is 48.7. The van der Waals surface area contributed by atoms with Crippen molar-refractivity contribution in [3.8, 4) is 0 Å². The van der Waals surface area contributed by atoms with Crippen molar-refractivity contribution in [2.24, 2.45) is 0 Å². The molecule has 32 heavy (non-hydrogen) atoms. The molecule has 0 spiro atoms. The summed E-state index contributed by atoms with van der Waals surface area (Å²) < 4.78 is 10.3. The lowest BCUT2D eigenvalue weighted by Crippen LogP contribution is -2.12. The van der Waals surface area contributed by atoms with Gasteiger partial charge < -0.3 is 9.47 Å². The van der Waals surface area contributed by atoms with Crippen LogP contribution in [0.4, 0.5) is 11.4 Å². The molecule has 0 fully saturated rings. The van der Waals surface area contributed by atoms with Gasteiger partial charge in [-0.05, 0) is 47.5 Å². The van der Waals surface area contributed by atoms with E-state index in [0.717, 1.165) is 0 Å². The molecule has 0 atom stereocenters. The van der Waals surface area contributed by atoms with Gasteiger partial charge in [0, 0.05) is 24.3 Å². The Morgan fingerprint density at radius 3 is 1.41 bits per heavy atom. The van der Waals surface area contributed by atoms with E-state index in [0.29, 0.717) is 11.1 Å². The lowest BCUT2D eigenvalue weighted by molar-refractivity contribution is -0.385. The summed E-state index contributed by atoms with van der Waals surface area (Å²) in [6.45, 7) is -0.263. The molecule has 0 unspecified atom stereocenters. The Labute approximate surface area is 180 Å². The van der Waals surface area contributed by atoms with E-state index in [9.17, 15) is 29.8 Å².